The molecular formula is C59H82Br3ClF4N12O7S2. The minimum atomic E-state index is -0.983. The average Bonchev–Trinajstić information content (AvgIpc) is 1.91. The summed E-state index contributed by atoms with van der Waals surface area (Å²) in [7, 11) is 8.14. The second-order valence-electron chi connectivity index (χ2n) is 21.4. The molecule has 5 aromatic rings. The largest absolute Gasteiger partial charge is 0.481 e. The lowest BCUT2D eigenvalue weighted by Crippen LogP contribution is -2.38. The Bertz CT molecular complexity index is 3250. The number of fused-ring (bicyclic) bond motifs is 2. The van der Waals surface area contributed by atoms with E-state index in [1.807, 2.05) is 38.1 Å². The number of benzene rings is 2. The molecule has 0 spiro atoms. The van der Waals surface area contributed by atoms with Crippen LogP contribution in [-0.2, 0) is 67.4 Å². The summed E-state index contributed by atoms with van der Waals surface area (Å²) in [6, 6.07) is 12.1. The predicted octanol–water partition coefficient (Wildman–Crippen LogP) is 11.1. The fourth-order valence-corrected chi connectivity index (χ4v) is 11.1. The quantitative estimate of drug-likeness (QED) is 0.0154. The number of amides is 1. The molecule has 6 N–H and O–H groups in total. The fraction of sp³-hybridized carbons (Fsp3) is 0.525. The number of nitrogens with zero attached hydrogens (tertiary/aromatic N) is 8. The van der Waals surface area contributed by atoms with Crippen LogP contribution in [0.4, 0.5) is 23.2 Å². The number of hydrogen-bond donors (Lipinski definition) is 5. The van der Waals surface area contributed by atoms with Crippen LogP contribution in [0, 0.1) is 32.8 Å². The van der Waals surface area contributed by atoms with E-state index in [9.17, 15) is 36.7 Å². The number of nitrogens with one attached hydrogen (secondary N) is 3. The summed E-state index contributed by atoms with van der Waals surface area (Å²) in [6.07, 6.45) is 6.28. The number of pyridine rings is 1. The number of esters is 2. The summed E-state index contributed by atoms with van der Waals surface area (Å²) >= 11 is 16.6. The first-order valence-corrected chi connectivity index (χ1v) is 30.6. The average molecular weight is 1490 g/mol. The van der Waals surface area contributed by atoms with Gasteiger partial charge in [-0.1, -0.05) is 6.92 Å². The normalized spacial score (nSPS) is 16.6. The maximum atomic E-state index is 14.5. The van der Waals surface area contributed by atoms with Crippen molar-refractivity contribution in [2.24, 2.45) is 15.7 Å². The predicted molar refractivity (Wildman–Crippen MR) is 354 cm³/mol. The first-order valence-electron chi connectivity index (χ1n) is 28.2. The molecule has 2 fully saturated rings. The molecule has 7 heterocycles. The van der Waals surface area contributed by atoms with E-state index in [2.05, 4.69) is 131 Å². The molecule has 2 saturated heterocycles. The highest BCUT2D eigenvalue weighted by atomic mass is 79.9. The Morgan fingerprint density at radius 2 is 1.30 bits per heavy atom. The Morgan fingerprint density at radius 1 is 0.807 bits per heavy atom. The summed E-state index contributed by atoms with van der Waals surface area (Å²) in [6.45, 7) is 18.4. The highest BCUT2D eigenvalue weighted by molar-refractivity contribution is 9.10. The molecular weight excluding hydrogens is 1400 g/mol. The summed E-state index contributed by atoms with van der Waals surface area (Å²) < 4.78 is 71.0. The van der Waals surface area contributed by atoms with Gasteiger partial charge in [-0.3, -0.25) is 24.3 Å². The number of hydrogen-bond acceptors (Lipinski definition) is 15. The van der Waals surface area contributed by atoms with Gasteiger partial charge < -0.3 is 54.5 Å². The maximum absolute atomic E-state index is 14.5. The van der Waals surface area contributed by atoms with Crippen LogP contribution in [0.2, 0.25) is 0 Å². The van der Waals surface area contributed by atoms with Crippen LogP contribution in [0.1, 0.15) is 107 Å². The van der Waals surface area contributed by atoms with Gasteiger partial charge in [0.25, 0.3) is 0 Å². The molecule has 0 radical (unpaired) electrons. The number of aromatic amines is 2. The van der Waals surface area contributed by atoms with Crippen molar-refractivity contribution < 1.29 is 51.3 Å². The zero-order valence-electron chi connectivity index (χ0n) is 51.1. The van der Waals surface area contributed by atoms with Crippen molar-refractivity contribution in [3.8, 4) is 0 Å². The molecule has 4 aliphatic heterocycles. The van der Waals surface area contributed by atoms with Crippen LogP contribution in [-0.4, -0.2) is 161 Å². The molecule has 9 rings (SSSR count). The van der Waals surface area contributed by atoms with E-state index in [0.717, 1.165) is 38.3 Å². The number of anilines is 1. The number of carboxylic acid groups (broad SMARTS) is 1. The lowest BCUT2D eigenvalue weighted by atomic mass is 9.95. The molecule has 4 aliphatic rings. The minimum absolute atomic E-state index is 0. The molecule has 19 nitrogen and oxygen atoms in total. The van der Waals surface area contributed by atoms with E-state index in [1.165, 1.54) is 30.0 Å². The smallest absolute Gasteiger partial charge is 0.328 e. The molecule has 29 heteroatoms. The van der Waals surface area contributed by atoms with Gasteiger partial charge in [-0.05, 0) is 174 Å². The summed E-state index contributed by atoms with van der Waals surface area (Å²) in [5, 5.41) is 11.6. The first-order chi connectivity index (χ1) is 40.7. The van der Waals surface area contributed by atoms with Crippen molar-refractivity contribution in [3.05, 3.63) is 124 Å². The SMILES string of the molecule is Br.CCN(C(C)C)C(C)C.CCN=C=NCCCN(C)C.CN(C)c1ccncc1.Cl.NC1CCOC1=O.O=C(Cc1[nH]c(=S)n2c1C[C@H](c1c(F)ccc(Br)c1F)C2)NC1CCOC1=O.O=C(O)Cc1[nH]c(=S)n2c1C[C@H](c1c(F)ccc(Br)c1F)C2. The standard InChI is InChI=1S/C18H16BrF2N3O3S.C14H11BrF2N2O2S.C8H17N3.C8H19N.C7H10N2.C4H7NO2.BrH.ClH/c19-9-1-2-10(20)15(16(9)21)8-5-13-12(23-18(28)24(13)7-8)6-14(25)22-11-3-4-27-17(11)26;15-7-1-2-8(16)12(13(7)17)6-3-10-9(4-11(20)21)18-14(22)19(10)5-6;1-4-9-8-10-6-5-7-11(2)3;1-6-9(7(2)3)8(4)5;1-9(2)7-3-5-8-6-4-7;5-3-1-2-7-4(3)6;;/h1-2,8,11H,3-7H2,(H,22,25)(H,23,28);1-2,6H,3-5H2,(H,18,22)(H,20,21);4-7H2,1-3H3;7-8H,6H2,1-5H3;3-6H,1-2H3;3H,1-2,5H2;2*1H/t8-,11?;6-;;;;;;/m00....../s1. The van der Waals surface area contributed by atoms with E-state index < -0.39 is 53.1 Å². The number of halogens is 8. The Labute approximate surface area is 556 Å². The lowest BCUT2D eigenvalue weighted by Gasteiger charge is -2.28. The Balaban J connectivity index is 0.000000389. The fourth-order valence-electron chi connectivity index (χ4n) is 9.81. The van der Waals surface area contributed by atoms with Crippen LogP contribution in [0.25, 0.3) is 0 Å². The highest BCUT2D eigenvalue weighted by Crippen LogP contribution is 2.38. The van der Waals surface area contributed by atoms with E-state index in [0.29, 0.717) is 90.7 Å². The number of aliphatic imine (C=N–C) groups is 2. The topological polar surface area (TPSA) is 234 Å². The second-order valence-corrected chi connectivity index (χ2v) is 23.8. The summed E-state index contributed by atoms with van der Waals surface area (Å²) in [4.78, 5) is 69.2. The van der Waals surface area contributed by atoms with E-state index >= 15 is 0 Å². The number of carboxylic acids is 1. The number of carbonyl (C=O) groups excluding carboxylic acids is 3. The monoisotopic (exact) mass is 1480 g/mol. The van der Waals surface area contributed by atoms with Crippen LogP contribution in [0.3, 0.4) is 0 Å². The van der Waals surface area contributed by atoms with Crippen molar-refractivity contribution in [2.45, 2.75) is 136 Å². The molecule has 88 heavy (non-hydrogen) atoms. The number of aliphatic carboxylic acids is 1. The van der Waals surface area contributed by atoms with Gasteiger partial charge in [0.15, 0.2) is 9.54 Å². The molecule has 0 bridgehead atoms. The van der Waals surface area contributed by atoms with Crippen LogP contribution in [0.15, 0.2) is 67.7 Å². The van der Waals surface area contributed by atoms with Crippen LogP contribution < -0.4 is 16.0 Å². The molecule has 3 aromatic heterocycles. The zero-order valence-corrected chi connectivity index (χ0v) is 58.5. The van der Waals surface area contributed by atoms with Crippen molar-refractivity contribution in [2.75, 3.05) is 72.5 Å². The van der Waals surface area contributed by atoms with Gasteiger partial charge in [-0.2, -0.15) is 0 Å². The number of ether oxygens (including phenoxy) is 2. The Hall–Kier alpha value is -5.16. The number of H-pyrrole nitrogens is 2. The zero-order chi connectivity index (χ0) is 63.9. The molecule has 0 saturated carbocycles. The van der Waals surface area contributed by atoms with Crippen molar-refractivity contribution in [3.63, 3.8) is 0 Å². The number of carbonyl (C=O) groups is 4. The molecule has 0 aliphatic carbocycles. The number of imidazole rings is 2. The minimum Gasteiger partial charge on any atom is -0.481 e. The summed E-state index contributed by atoms with van der Waals surface area (Å²) in [5.74, 6) is -5.31. The Kier molecular flexibility index (Phi) is 35.1. The highest BCUT2D eigenvalue weighted by Gasteiger charge is 2.34. The second kappa shape index (κ2) is 39.2. The summed E-state index contributed by atoms with van der Waals surface area (Å²) in [5.41, 5.74) is 8.95. The number of aromatic nitrogens is 5. The van der Waals surface area contributed by atoms with Crippen molar-refractivity contribution >= 4 is 121 Å². The van der Waals surface area contributed by atoms with Crippen LogP contribution >= 0.6 is 85.7 Å². The molecule has 2 unspecified atom stereocenters. The van der Waals surface area contributed by atoms with Gasteiger partial charge in [-0.15, -0.1) is 29.4 Å². The van der Waals surface area contributed by atoms with Gasteiger partial charge in [0, 0.05) is 122 Å². The number of rotatable bonds is 16. The molecule has 488 valence electrons. The van der Waals surface area contributed by atoms with Crippen molar-refractivity contribution in [1.82, 2.24) is 39.2 Å². The van der Waals surface area contributed by atoms with Gasteiger partial charge in [-0.25, -0.2) is 32.3 Å². The van der Waals surface area contributed by atoms with Gasteiger partial charge in [0.1, 0.15) is 35.4 Å². The van der Waals surface area contributed by atoms with E-state index in [1.54, 1.807) is 21.5 Å². The lowest BCUT2D eigenvalue weighted by molar-refractivity contribution is -0.141. The van der Waals surface area contributed by atoms with E-state index in [4.69, 9.17) is 40.0 Å². The third-order valence-electron chi connectivity index (χ3n) is 14.0. The van der Waals surface area contributed by atoms with Crippen LogP contribution in [0.5, 0.6) is 0 Å². The number of cyclic esters (lactones) is 2. The third kappa shape index (κ3) is 23.9. The van der Waals surface area contributed by atoms with E-state index in [-0.39, 0.29) is 80.2 Å². The number of nitrogens with two attached hydrogens (primary N) is 1. The van der Waals surface area contributed by atoms with Crippen molar-refractivity contribution in [1.29, 1.82) is 0 Å². The first kappa shape index (κ1) is 78.9. The maximum Gasteiger partial charge on any atom is 0.328 e. The third-order valence-corrected chi connectivity index (χ3v) is 15.8. The molecule has 2 aromatic carbocycles. The molecule has 1 amide bonds. The Morgan fingerprint density at radius 3 is 1.66 bits per heavy atom. The van der Waals surface area contributed by atoms with Gasteiger partial charge in [0.2, 0.25) is 5.91 Å². The van der Waals surface area contributed by atoms with Gasteiger partial charge in [0.05, 0.1) is 47.6 Å². The molecule has 4 atom stereocenters. The van der Waals surface area contributed by atoms with Gasteiger partial charge >= 0.3 is 17.9 Å².